The molecule has 0 saturated heterocycles. The first-order valence-electron chi connectivity index (χ1n) is 4.92. The van der Waals surface area contributed by atoms with Crippen LogP contribution < -0.4 is 0 Å². The number of carbonyl (C=O) groups is 2. The van der Waals surface area contributed by atoms with Crippen LogP contribution in [0.4, 0.5) is 8.78 Å². The molecular formula is C11H11F2NO3. The third kappa shape index (κ3) is 3.30. The monoisotopic (exact) mass is 243 g/mol. The van der Waals surface area contributed by atoms with Gasteiger partial charge in [-0.3, -0.25) is 4.79 Å². The number of nitrogens with zero attached hydrogens (tertiary/aromatic N) is 1. The van der Waals surface area contributed by atoms with Gasteiger partial charge in [-0.1, -0.05) is 0 Å². The molecule has 0 aliphatic heterocycles. The number of ketones is 1. The fourth-order valence-corrected chi connectivity index (χ4v) is 1.14. The van der Waals surface area contributed by atoms with E-state index in [1.54, 1.807) is 6.92 Å². The molecule has 0 bridgehead atoms. The number of rotatable bonds is 4. The van der Waals surface area contributed by atoms with E-state index in [-0.39, 0.29) is 17.9 Å². The first-order chi connectivity index (χ1) is 7.86. The topological polar surface area (TPSA) is 56.3 Å². The Morgan fingerprint density at radius 3 is 2.65 bits per heavy atom. The molecule has 1 rings (SSSR count). The molecule has 92 valence electrons. The van der Waals surface area contributed by atoms with Crippen LogP contribution in [-0.4, -0.2) is 29.3 Å². The zero-order chi connectivity index (χ0) is 13.1. The Kier molecular flexibility index (Phi) is 3.88. The average Bonchev–Trinajstić information content (AvgIpc) is 2.27. The van der Waals surface area contributed by atoms with Crippen molar-refractivity contribution in [3.05, 3.63) is 29.6 Å². The first-order valence-corrected chi connectivity index (χ1v) is 4.92. The fraction of sp³-hybridized carbons (Fsp3) is 0.364. The lowest BCUT2D eigenvalue weighted by atomic mass is 10.1. The highest BCUT2D eigenvalue weighted by Crippen LogP contribution is 2.19. The van der Waals surface area contributed by atoms with Crippen LogP contribution in [0.1, 0.15) is 34.7 Å². The van der Waals surface area contributed by atoms with Gasteiger partial charge < -0.3 is 4.74 Å². The lowest BCUT2D eigenvalue weighted by molar-refractivity contribution is 0.0221. The smallest absolute Gasteiger partial charge is 0.356 e. The van der Waals surface area contributed by atoms with Gasteiger partial charge in [0.05, 0.1) is 6.61 Å². The summed E-state index contributed by atoms with van der Waals surface area (Å²) in [5.74, 6) is -5.58. The molecular weight excluding hydrogens is 232 g/mol. The SMILES string of the molecule is CCOC(=O)c1cc(C(=O)C(C)(F)F)ccn1. The minimum Gasteiger partial charge on any atom is -0.461 e. The zero-order valence-electron chi connectivity index (χ0n) is 9.37. The maximum absolute atomic E-state index is 12.8. The molecule has 0 amide bonds. The van der Waals surface area contributed by atoms with Crippen molar-refractivity contribution in [3.8, 4) is 0 Å². The summed E-state index contributed by atoms with van der Waals surface area (Å²) in [7, 11) is 0. The van der Waals surface area contributed by atoms with E-state index in [9.17, 15) is 18.4 Å². The number of Topliss-reactive ketones (excluding diaryl/α,β-unsaturated/α-hetero) is 1. The van der Waals surface area contributed by atoms with Gasteiger partial charge in [0, 0.05) is 18.7 Å². The van der Waals surface area contributed by atoms with Crippen LogP contribution in [0.3, 0.4) is 0 Å². The molecule has 4 nitrogen and oxygen atoms in total. The van der Waals surface area contributed by atoms with Crippen molar-refractivity contribution in [2.75, 3.05) is 6.61 Å². The van der Waals surface area contributed by atoms with Gasteiger partial charge in [0.15, 0.2) is 0 Å². The summed E-state index contributed by atoms with van der Waals surface area (Å²) in [5.41, 5.74) is -0.433. The summed E-state index contributed by atoms with van der Waals surface area (Å²) >= 11 is 0. The molecule has 0 unspecified atom stereocenters. The number of hydrogen-bond acceptors (Lipinski definition) is 4. The number of hydrogen-bond donors (Lipinski definition) is 0. The Hall–Kier alpha value is -1.85. The van der Waals surface area contributed by atoms with Crippen molar-refractivity contribution in [1.82, 2.24) is 4.98 Å². The molecule has 0 aliphatic carbocycles. The number of pyridine rings is 1. The van der Waals surface area contributed by atoms with Gasteiger partial charge in [0.2, 0.25) is 5.78 Å². The lowest BCUT2D eigenvalue weighted by Gasteiger charge is -2.09. The van der Waals surface area contributed by atoms with Crippen molar-refractivity contribution in [2.45, 2.75) is 19.8 Å². The summed E-state index contributed by atoms with van der Waals surface area (Å²) in [4.78, 5) is 26.2. The number of carbonyl (C=O) groups excluding carboxylic acids is 2. The third-order valence-corrected chi connectivity index (χ3v) is 1.91. The summed E-state index contributed by atoms with van der Waals surface area (Å²) < 4.78 is 30.2. The molecule has 0 fully saturated rings. The highest BCUT2D eigenvalue weighted by molar-refractivity contribution is 6.02. The second-order valence-electron chi connectivity index (χ2n) is 3.37. The Labute approximate surface area is 96.6 Å². The summed E-state index contributed by atoms with van der Waals surface area (Å²) in [6.07, 6.45) is 1.12. The molecule has 0 spiro atoms. The first kappa shape index (κ1) is 13.2. The van der Waals surface area contributed by atoms with Crippen molar-refractivity contribution in [3.63, 3.8) is 0 Å². The second kappa shape index (κ2) is 4.99. The molecule has 1 aromatic rings. The van der Waals surface area contributed by atoms with Gasteiger partial charge in [-0.05, 0) is 19.1 Å². The van der Waals surface area contributed by atoms with Gasteiger partial charge in [-0.25, -0.2) is 9.78 Å². The van der Waals surface area contributed by atoms with Crippen LogP contribution in [0.2, 0.25) is 0 Å². The zero-order valence-corrected chi connectivity index (χ0v) is 9.37. The molecule has 0 aliphatic rings. The standard InChI is InChI=1S/C11H11F2NO3/c1-3-17-10(16)8-6-7(4-5-14-8)9(15)11(2,12)13/h4-6H,3H2,1-2H3. The van der Waals surface area contributed by atoms with Crippen molar-refractivity contribution < 1.29 is 23.1 Å². The molecule has 0 aromatic carbocycles. The molecule has 0 saturated carbocycles. The van der Waals surface area contributed by atoms with E-state index in [1.165, 1.54) is 0 Å². The molecule has 0 atom stereocenters. The van der Waals surface area contributed by atoms with Crippen molar-refractivity contribution in [2.24, 2.45) is 0 Å². The van der Waals surface area contributed by atoms with Crippen LogP contribution in [-0.2, 0) is 4.74 Å². The minimum absolute atomic E-state index is 0.141. The van der Waals surface area contributed by atoms with Gasteiger partial charge in [0.1, 0.15) is 5.69 Å². The highest BCUT2D eigenvalue weighted by Gasteiger charge is 2.33. The van der Waals surface area contributed by atoms with Crippen LogP contribution >= 0.6 is 0 Å². The van der Waals surface area contributed by atoms with E-state index in [0.29, 0.717) is 6.92 Å². The van der Waals surface area contributed by atoms with E-state index in [0.717, 1.165) is 18.3 Å². The number of halogens is 2. The number of ether oxygens (including phenoxy) is 1. The molecule has 0 radical (unpaired) electrons. The maximum atomic E-state index is 12.8. The number of alkyl halides is 2. The van der Waals surface area contributed by atoms with Gasteiger partial charge in [-0.2, -0.15) is 8.78 Å². The maximum Gasteiger partial charge on any atom is 0.356 e. The molecule has 6 heteroatoms. The Bertz CT molecular complexity index is 441. The quantitative estimate of drug-likeness (QED) is 0.600. The predicted molar refractivity (Wildman–Crippen MR) is 55.1 cm³/mol. The molecule has 0 N–H and O–H groups in total. The third-order valence-electron chi connectivity index (χ3n) is 1.91. The second-order valence-corrected chi connectivity index (χ2v) is 3.37. The Morgan fingerprint density at radius 2 is 2.12 bits per heavy atom. The minimum atomic E-state index is -3.48. The van der Waals surface area contributed by atoms with E-state index in [1.807, 2.05) is 0 Å². The van der Waals surface area contributed by atoms with Crippen LogP contribution in [0.25, 0.3) is 0 Å². The number of esters is 1. The van der Waals surface area contributed by atoms with Gasteiger partial charge in [0.25, 0.3) is 0 Å². The molecule has 1 aromatic heterocycles. The van der Waals surface area contributed by atoms with Crippen molar-refractivity contribution >= 4 is 11.8 Å². The lowest BCUT2D eigenvalue weighted by Crippen LogP contribution is -2.24. The summed E-state index contributed by atoms with van der Waals surface area (Å²) in [6.45, 7) is 2.25. The Balaban J connectivity index is 3.02. The Morgan fingerprint density at radius 1 is 1.47 bits per heavy atom. The average molecular weight is 243 g/mol. The predicted octanol–water partition coefficient (Wildman–Crippen LogP) is 2.10. The summed E-state index contributed by atoms with van der Waals surface area (Å²) in [6, 6.07) is 2.13. The van der Waals surface area contributed by atoms with Crippen LogP contribution in [0, 0.1) is 0 Å². The highest BCUT2D eigenvalue weighted by atomic mass is 19.3. The van der Waals surface area contributed by atoms with Crippen molar-refractivity contribution in [1.29, 1.82) is 0 Å². The normalized spacial score (nSPS) is 11.1. The van der Waals surface area contributed by atoms with Gasteiger partial charge >= 0.3 is 11.9 Å². The number of aromatic nitrogens is 1. The molecule has 17 heavy (non-hydrogen) atoms. The van der Waals surface area contributed by atoms with E-state index >= 15 is 0 Å². The summed E-state index contributed by atoms with van der Waals surface area (Å²) in [5, 5.41) is 0. The van der Waals surface area contributed by atoms with Crippen LogP contribution in [0.15, 0.2) is 18.3 Å². The van der Waals surface area contributed by atoms with E-state index < -0.39 is 17.7 Å². The largest absolute Gasteiger partial charge is 0.461 e. The van der Waals surface area contributed by atoms with E-state index in [2.05, 4.69) is 9.72 Å². The fourth-order valence-electron chi connectivity index (χ4n) is 1.14. The van der Waals surface area contributed by atoms with E-state index in [4.69, 9.17) is 0 Å². The molecule has 1 heterocycles. The van der Waals surface area contributed by atoms with Gasteiger partial charge in [-0.15, -0.1) is 0 Å². The van der Waals surface area contributed by atoms with Crippen LogP contribution in [0.5, 0.6) is 0 Å².